The Kier molecular flexibility index (Phi) is 17.5. The van der Waals surface area contributed by atoms with E-state index in [1.54, 1.807) is 59.7 Å². The van der Waals surface area contributed by atoms with Crippen molar-refractivity contribution < 1.29 is 0 Å². The fourth-order valence-electron chi connectivity index (χ4n) is 14.5. The van der Waals surface area contributed by atoms with Crippen molar-refractivity contribution >= 4 is 107 Å². The van der Waals surface area contributed by atoms with Crippen molar-refractivity contribution in [3.63, 3.8) is 0 Å². The maximum absolute atomic E-state index is 2.90. The van der Waals surface area contributed by atoms with Gasteiger partial charge in [-0.15, -0.1) is 0 Å². The van der Waals surface area contributed by atoms with Crippen molar-refractivity contribution in [1.82, 2.24) is 0 Å². The zero-order chi connectivity index (χ0) is 47.7. The van der Waals surface area contributed by atoms with Crippen LogP contribution in [0.5, 0.6) is 0 Å². The Morgan fingerprint density at radius 3 is 0.550 bits per heavy atom. The third-order valence-corrected chi connectivity index (χ3v) is 64.4. The first-order valence-electron chi connectivity index (χ1n) is 23.8. The summed E-state index contributed by atoms with van der Waals surface area (Å²) in [4.78, 5) is 0. The Balaban J connectivity index is 3.48. The Labute approximate surface area is 390 Å². The van der Waals surface area contributed by atoms with Crippen molar-refractivity contribution in [1.29, 1.82) is 0 Å². The molecule has 60 heavy (non-hydrogen) atoms. The number of benzene rings is 2. The molecule has 0 spiro atoms. The van der Waals surface area contributed by atoms with Crippen molar-refractivity contribution in [3.8, 4) is 0 Å². The van der Waals surface area contributed by atoms with Crippen LogP contribution in [-0.2, 0) is 32.7 Å². The molecule has 0 saturated carbocycles. The van der Waals surface area contributed by atoms with Gasteiger partial charge in [-0.3, -0.25) is 0 Å². The minimum Gasteiger partial charge on any atom is -0.0693 e. The predicted molar refractivity (Wildman–Crippen MR) is 318 cm³/mol. The second-order valence-corrected chi connectivity index (χ2v) is 89.3. The SMILES string of the molecule is C[Si](C)(C)Cc1cc(C([Si](C)(C)C)([Si](C)(C)C)[Si](C)(C)C)cc(C[Si](C)(C)C)c1P=Pc1c(C[Si](C)(C)C)cc(C([Si](C)(C)C)([Si](C)(C)C)[Si](C)(C)C)cc1C[Si](C)(C)C. The molecule has 0 unspecified atom stereocenters. The fraction of sp³-hybridized carbons (Fsp3) is 0.750. The van der Waals surface area contributed by atoms with Crippen LogP contribution in [0, 0.1) is 0 Å². The van der Waals surface area contributed by atoms with E-state index in [9.17, 15) is 0 Å². The van der Waals surface area contributed by atoms with Crippen LogP contribution in [0.25, 0.3) is 0 Å². The first-order chi connectivity index (χ1) is 26.0. The molecule has 0 bridgehead atoms. The van der Waals surface area contributed by atoms with Gasteiger partial charge in [0.15, 0.2) is 0 Å². The molecule has 0 fully saturated rings. The largest absolute Gasteiger partial charge is 0.0693 e. The van der Waals surface area contributed by atoms with Crippen molar-refractivity contribution in [2.45, 2.75) is 229 Å². The van der Waals surface area contributed by atoms with E-state index < -0.39 is 80.7 Å². The zero-order valence-electron chi connectivity index (χ0n) is 46.0. The van der Waals surface area contributed by atoms with E-state index in [0.29, 0.717) is 8.57 Å². The maximum Gasteiger partial charge on any atom is 0.0499 e. The quantitative estimate of drug-likeness (QED) is 0.103. The van der Waals surface area contributed by atoms with Gasteiger partial charge in [0, 0.05) is 91.3 Å². The molecular weight excluding hydrogens is 919 g/mol. The third-order valence-electron chi connectivity index (χ3n) is 13.3. The molecule has 0 heterocycles. The molecule has 0 N–H and O–H groups in total. The van der Waals surface area contributed by atoms with Gasteiger partial charge in [0.1, 0.15) is 0 Å². The van der Waals surface area contributed by atoms with Gasteiger partial charge in [-0.05, 0) is 81.9 Å². The highest BCUT2D eigenvalue weighted by Gasteiger charge is 2.62. The summed E-state index contributed by atoms with van der Waals surface area (Å²) in [5, 5.41) is 3.48. The molecule has 344 valence electrons. The van der Waals surface area contributed by atoms with Gasteiger partial charge in [-0.2, -0.15) is 0 Å². The summed E-state index contributed by atoms with van der Waals surface area (Å²) >= 11 is 0. The summed E-state index contributed by atoms with van der Waals surface area (Å²) in [7, 11) is -12.7. The zero-order valence-corrected chi connectivity index (χ0v) is 57.8. The average molecular weight is 1020 g/mol. The van der Waals surface area contributed by atoms with Crippen molar-refractivity contribution in [2.24, 2.45) is 0 Å². The molecule has 0 nitrogen and oxygen atoms in total. The molecule has 0 aliphatic heterocycles. The van der Waals surface area contributed by atoms with Crippen molar-refractivity contribution in [3.05, 3.63) is 57.6 Å². The third kappa shape index (κ3) is 13.0. The second-order valence-electron chi connectivity index (χ2n) is 30.4. The van der Waals surface area contributed by atoms with Crippen LogP contribution < -0.4 is 10.6 Å². The van der Waals surface area contributed by atoms with E-state index in [1.807, 2.05) is 0 Å². The Bertz CT molecular complexity index is 1560. The molecule has 0 aliphatic rings. The molecule has 2 rings (SSSR count). The monoisotopic (exact) mass is 1020 g/mol. The molecule has 0 saturated heterocycles. The van der Waals surface area contributed by atoms with Gasteiger partial charge in [0.05, 0.1) is 0 Å². The van der Waals surface area contributed by atoms with E-state index in [-0.39, 0.29) is 0 Å². The molecule has 0 aliphatic carbocycles. The van der Waals surface area contributed by atoms with E-state index in [2.05, 4.69) is 221 Å². The standard InChI is InChI=1S/C48H102P2Si10/c1-51(2,3)35-39-31-43(47(55(13,14)15,56(16,17)18)57(19,20)21)32-40(36-52(4,5)6)45(39)49-50-46-41(37-53(7,8)9)33-44(34-42(46)38-54(10,11)12)48(58(22,23)24,59(25,26)27)60(28,29)30/h31-34H,35-38H2,1-30H3. The number of hydrogen-bond acceptors (Lipinski definition) is 0. The second kappa shape index (κ2) is 18.4. The Hall–Kier alpha value is 1.21. The normalized spacial score (nSPS) is 15.4. The first kappa shape index (κ1) is 57.3. The van der Waals surface area contributed by atoms with Crippen LogP contribution in [0.3, 0.4) is 0 Å². The van der Waals surface area contributed by atoms with Gasteiger partial charge in [0.2, 0.25) is 0 Å². The molecule has 2 aromatic carbocycles. The summed E-state index contributed by atoms with van der Waals surface area (Å²) < 4.78 is 0.784. The van der Waals surface area contributed by atoms with Crippen LogP contribution in [-0.4, -0.2) is 80.7 Å². The number of rotatable bonds is 18. The molecular formula is C48H102P2Si10. The molecule has 12 heteroatoms. The number of hydrogen-bond donors (Lipinski definition) is 0. The van der Waals surface area contributed by atoms with Crippen LogP contribution >= 0.6 is 15.7 Å². The minimum atomic E-state index is -1.66. The topological polar surface area (TPSA) is 0 Å². The maximum atomic E-state index is 2.90. The molecule has 0 amide bonds. The van der Waals surface area contributed by atoms with Gasteiger partial charge in [0.25, 0.3) is 0 Å². The lowest BCUT2D eigenvalue weighted by Crippen LogP contribution is -2.74. The molecule has 0 radical (unpaired) electrons. The molecule has 2 aromatic rings. The van der Waals surface area contributed by atoms with Crippen LogP contribution in [0.2, 0.25) is 196 Å². The summed E-state index contributed by atoms with van der Waals surface area (Å²) in [5.41, 5.74) is 10.6. The van der Waals surface area contributed by atoms with Gasteiger partial charge >= 0.3 is 0 Å². The Morgan fingerprint density at radius 2 is 0.433 bits per heavy atom. The minimum absolute atomic E-state index is 0.392. The average Bonchev–Trinajstić information content (AvgIpc) is 2.85. The lowest BCUT2D eigenvalue weighted by molar-refractivity contribution is 1.00. The van der Waals surface area contributed by atoms with Gasteiger partial charge in [-0.25, -0.2) is 0 Å². The van der Waals surface area contributed by atoms with Crippen LogP contribution in [0.4, 0.5) is 0 Å². The van der Waals surface area contributed by atoms with E-state index >= 15 is 0 Å². The molecule has 0 atom stereocenters. The van der Waals surface area contributed by atoms with E-state index in [1.165, 1.54) is 24.2 Å². The summed E-state index contributed by atoms with van der Waals surface area (Å²) in [6, 6.07) is 16.8. The van der Waals surface area contributed by atoms with E-state index in [4.69, 9.17) is 0 Å². The predicted octanol–water partition coefficient (Wildman–Crippen LogP) is 16.9. The summed E-state index contributed by atoms with van der Waals surface area (Å²) in [5.74, 6) is 0. The lowest BCUT2D eigenvalue weighted by Gasteiger charge is -2.60. The summed E-state index contributed by atoms with van der Waals surface area (Å²) in [6.07, 6.45) is 0. The Morgan fingerprint density at radius 1 is 0.283 bits per heavy atom. The fourth-order valence-corrected chi connectivity index (χ4v) is 84.3. The van der Waals surface area contributed by atoms with Gasteiger partial charge < -0.3 is 0 Å². The molecule has 0 aromatic heterocycles. The van der Waals surface area contributed by atoms with Crippen LogP contribution in [0.1, 0.15) is 33.4 Å². The lowest BCUT2D eigenvalue weighted by atomic mass is 10.1. The van der Waals surface area contributed by atoms with Crippen LogP contribution in [0.15, 0.2) is 24.3 Å². The van der Waals surface area contributed by atoms with Gasteiger partial charge in [-0.1, -0.05) is 221 Å². The smallest absolute Gasteiger partial charge is 0.0499 e. The summed E-state index contributed by atoms with van der Waals surface area (Å²) in [6.45, 7) is 81.1. The first-order valence-corrected chi connectivity index (χ1v) is 62.1. The highest BCUT2D eigenvalue weighted by Crippen LogP contribution is 2.52. The highest BCUT2D eigenvalue weighted by molar-refractivity contribution is 7.91. The van der Waals surface area contributed by atoms with E-state index in [0.717, 1.165) is 0 Å². The highest BCUT2D eigenvalue weighted by atomic mass is 31.7. The van der Waals surface area contributed by atoms with Crippen molar-refractivity contribution in [2.75, 3.05) is 0 Å².